The number of nitrogens with zero attached hydrogens (tertiary/aromatic N) is 5. The first-order valence-corrected chi connectivity index (χ1v) is 17.1. The largest absolute Gasteiger partial charge is 0.444 e. The summed E-state index contributed by atoms with van der Waals surface area (Å²) in [5.74, 6) is 0.969. The maximum absolute atomic E-state index is 11.9. The summed E-state index contributed by atoms with van der Waals surface area (Å²) in [7, 11) is 0. The van der Waals surface area contributed by atoms with Crippen LogP contribution in [0.5, 0.6) is 0 Å². The highest BCUT2D eigenvalue weighted by Gasteiger charge is 2.25. The van der Waals surface area contributed by atoms with Crippen LogP contribution in [-0.2, 0) is 9.47 Å². The zero-order chi connectivity index (χ0) is 35.4. The molecule has 6 rings (SSSR count). The second kappa shape index (κ2) is 17.4. The van der Waals surface area contributed by atoms with Crippen molar-refractivity contribution in [3.05, 3.63) is 66.3 Å². The van der Waals surface area contributed by atoms with Crippen molar-refractivity contribution in [3.63, 3.8) is 0 Å². The average molecular weight is 693 g/mol. The Morgan fingerprint density at radius 2 is 1.20 bits per heavy atom. The molecule has 264 valence electrons. The van der Waals surface area contributed by atoms with Gasteiger partial charge in [-0.1, -0.05) is 11.6 Å². The number of alkyl carbamates (subject to hydrolysis) is 2. The standard InChI is InChI=1S/C18H24N4O2.C10H20N2O2.C8H5ClN2/c1-18(2,3)24-17(23)21-13-7-11-22(12-8-13)16-14-5-4-9-19-15(14)6-10-20-16;1-10(2,3)14-9(13)12-8-4-6-11-7-5-8;9-8-6-2-1-4-10-7(6)3-5-11-8/h4-6,9-10,13H,7-8,11-12H2,1-3H3,(H,21,23);8,11H,4-7H2,1-3H3,(H,12,13);1-5H. The Balaban J connectivity index is 0.000000183. The van der Waals surface area contributed by atoms with Gasteiger partial charge in [-0.25, -0.2) is 19.6 Å². The summed E-state index contributed by atoms with van der Waals surface area (Å²) in [5.41, 5.74) is 0.964. The molecular weight excluding hydrogens is 644 g/mol. The number of piperidine rings is 2. The molecule has 2 amide bonds. The van der Waals surface area contributed by atoms with Crippen molar-refractivity contribution in [2.45, 2.75) is 90.5 Å². The van der Waals surface area contributed by atoms with E-state index in [0.717, 1.165) is 79.5 Å². The number of rotatable bonds is 3. The number of carbonyl (C=O) groups is 2. The third-order valence-electron chi connectivity index (χ3n) is 7.57. The molecule has 3 N–H and O–H groups in total. The fourth-order valence-electron chi connectivity index (χ4n) is 5.36. The maximum Gasteiger partial charge on any atom is 0.407 e. The van der Waals surface area contributed by atoms with Gasteiger partial charge in [0.15, 0.2) is 0 Å². The molecule has 4 aromatic heterocycles. The minimum atomic E-state index is -0.468. The van der Waals surface area contributed by atoms with E-state index in [4.69, 9.17) is 21.1 Å². The van der Waals surface area contributed by atoms with Crippen LogP contribution >= 0.6 is 11.6 Å². The van der Waals surface area contributed by atoms with Gasteiger partial charge in [-0.3, -0.25) is 9.97 Å². The number of nitrogens with one attached hydrogen (secondary N) is 3. The van der Waals surface area contributed by atoms with Gasteiger partial charge in [-0.05, 0) is 117 Å². The van der Waals surface area contributed by atoms with Crippen LogP contribution in [0.25, 0.3) is 21.8 Å². The number of hydrogen-bond donors (Lipinski definition) is 3. The molecule has 0 radical (unpaired) electrons. The van der Waals surface area contributed by atoms with E-state index in [1.165, 1.54) is 0 Å². The van der Waals surface area contributed by atoms with E-state index in [0.29, 0.717) is 5.15 Å². The molecule has 6 heterocycles. The molecule has 49 heavy (non-hydrogen) atoms. The number of fused-ring (bicyclic) bond motifs is 2. The van der Waals surface area contributed by atoms with E-state index in [1.807, 2.05) is 71.9 Å². The van der Waals surface area contributed by atoms with Crippen LogP contribution in [0.3, 0.4) is 0 Å². The molecule has 12 nitrogen and oxygen atoms in total. The molecule has 0 unspecified atom stereocenters. The Bertz CT molecular complexity index is 1650. The third kappa shape index (κ3) is 12.6. The number of amides is 2. The molecule has 2 saturated heterocycles. The van der Waals surface area contributed by atoms with Gasteiger partial charge in [0.05, 0.1) is 11.0 Å². The second-order valence-electron chi connectivity index (χ2n) is 14.0. The van der Waals surface area contributed by atoms with Crippen LogP contribution in [0.2, 0.25) is 5.15 Å². The van der Waals surface area contributed by atoms with Gasteiger partial charge in [-0.2, -0.15) is 0 Å². The summed E-state index contributed by atoms with van der Waals surface area (Å²) >= 11 is 5.81. The van der Waals surface area contributed by atoms with Gasteiger partial charge in [0.25, 0.3) is 0 Å². The quantitative estimate of drug-likeness (QED) is 0.199. The Morgan fingerprint density at radius 1 is 0.714 bits per heavy atom. The Labute approximate surface area is 293 Å². The molecule has 13 heteroatoms. The van der Waals surface area contributed by atoms with E-state index < -0.39 is 11.2 Å². The van der Waals surface area contributed by atoms with Gasteiger partial charge >= 0.3 is 12.2 Å². The highest BCUT2D eigenvalue weighted by molar-refractivity contribution is 6.34. The minimum Gasteiger partial charge on any atom is -0.444 e. The zero-order valence-corrected chi connectivity index (χ0v) is 30.1. The van der Waals surface area contributed by atoms with E-state index in [1.54, 1.807) is 24.8 Å². The molecule has 0 aromatic carbocycles. The maximum atomic E-state index is 11.9. The van der Waals surface area contributed by atoms with Crippen molar-refractivity contribution in [1.82, 2.24) is 35.9 Å². The lowest BCUT2D eigenvalue weighted by Gasteiger charge is -2.34. The monoisotopic (exact) mass is 692 g/mol. The first-order chi connectivity index (χ1) is 23.3. The number of halogens is 1. The normalized spacial score (nSPS) is 15.7. The Hall–Kier alpha value is -4.29. The van der Waals surface area contributed by atoms with Crippen LogP contribution in [0, 0.1) is 0 Å². The Kier molecular flexibility index (Phi) is 13.3. The van der Waals surface area contributed by atoms with E-state index >= 15 is 0 Å². The van der Waals surface area contributed by atoms with Gasteiger partial charge in [0.1, 0.15) is 22.2 Å². The molecule has 0 spiro atoms. The Morgan fingerprint density at radius 3 is 1.73 bits per heavy atom. The van der Waals surface area contributed by atoms with Crippen LogP contribution in [0.4, 0.5) is 15.4 Å². The highest BCUT2D eigenvalue weighted by Crippen LogP contribution is 2.26. The molecule has 2 aliphatic rings. The smallest absolute Gasteiger partial charge is 0.407 e. The summed E-state index contributed by atoms with van der Waals surface area (Å²) in [4.78, 5) is 42.5. The average Bonchev–Trinajstić information content (AvgIpc) is 3.04. The summed E-state index contributed by atoms with van der Waals surface area (Å²) in [5, 5.41) is 11.6. The lowest BCUT2D eigenvalue weighted by molar-refractivity contribution is 0.0484. The van der Waals surface area contributed by atoms with Gasteiger partial charge in [0, 0.05) is 60.7 Å². The first kappa shape index (κ1) is 37.5. The second-order valence-corrected chi connectivity index (χ2v) is 14.3. The van der Waals surface area contributed by atoms with E-state index in [9.17, 15) is 9.59 Å². The van der Waals surface area contributed by atoms with Gasteiger partial charge < -0.3 is 30.3 Å². The summed E-state index contributed by atoms with van der Waals surface area (Å²) < 4.78 is 10.5. The van der Waals surface area contributed by atoms with E-state index in [2.05, 4.69) is 46.9 Å². The number of hydrogen-bond acceptors (Lipinski definition) is 10. The fourth-order valence-corrected chi connectivity index (χ4v) is 5.57. The fraction of sp³-hybridized carbons (Fsp3) is 0.500. The summed E-state index contributed by atoms with van der Waals surface area (Å²) in [6.45, 7) is 14.9. The predicted octanol–water partition coefficient (Wildman–Crippen LogP) is 6.67. The number of pyridine rings is 4. The molecule has 0 aliphatic carbocycles. The van der Waals surface area contributed by atoms with Crippen LogP contribution < -0.4 is 20.9 Å². The van der Waals surface area contributed by atoms with Crippen molar-refractivity contribution in [3.8, 4) is 0 Å². The number of carbonyl (C=O) groups excluding carboxylic acids is 2. The SMILES string of the molecule is CC(C)(C)OC(=O)NC1CCN(c2nccc3ncccc23)CC1.CC(C)(C)OC(=O)NC1CCNCC1.Clc1nccc2ncccc12. The molecule has 0 bridgehead atoms. The summed E-state index contributed by atoms with van der Waals surface area (Å²) in [6, 6.07) is 11.9. The van der Waals surface area contributed by atoms with Crippen LogP contribution in [-0.4, -0.2) is 81.6 Å². The summed E-state index contributed by atoms with van der Waals surface area (Å²) in [6.07, 6.45) is 10.1. The van der Waals surface area contributed by atoms with Crippen LogP contribution in [0.15, 0.2) is 61.2 Å². The molecule has 2 fully saturated rings. The van der Waals surface area contributed by atoms with Crippen molar-refractivity contribution in [2.24, 2.45) is 0 Å². The van der Waals surface area contributed by atoms with Crippen molar-refractivity contribution in [1.29, 1.82) is 0 Å². The lowest BCUT2D eigenvalue weighted by Crippen LogP contribution is -2.46. The first-order valence-electron chi connectivity index (χ1n) is 16.8. The molecular formula is C36H49ClN8O4. The van der Waals surface area contributed by atoms with Crippen molar-refractivity contribution in [2.75, 3.05) is 31.1 Å². The van der Waals surface area contributed by atoms with Crippen LogP contribution in [0.1, 0.15) is 67.2 Å². The highest BCUT2D eigenvalue weighted by atomic mass is 35.5. The lowest BCUT2D eigenvalue weighted by atomic mass is 10.0. The number of anilines is 1. The van der Waals surface area contributed by atoms with Gasteiger partial charge in [0.2, 0.25) is 0 Å². The van der Waals surface area contributed by atoms with Crippen molar-refractivity contribution >= 4 is 51.4 Å². The zero-order valence-electron chi connectivity index (χ0n) is 29.3. The number of aromatic nitrogens is 4. The third-order valence-corrected chi connectivity index (χ3v) is 7.87. The molecule has 0 atom stereocenters. The molecule has 2 aliphatic heterocycles. The van der Waals surface area contributed by atoms with Gasteiger partial charge in [-0.15, -0.1) is 0 Å². The molecule has 0 saturated carbocycles. The predicted molar refractivity (Wildman–Crippen MR) is 194 cm³/mol. The topological polar surface area (TPSA) is 143 Å². The van der Waals surface area contributed by atoms with E-state index in [-0.39, 0.29) is 24.3 Å². The number of ether oxygens (including phenoxy) is 2. The molecule has 4 aromatic rings. The minimum absolute atomic E-state index is 0.143. The van der Waals surface area contributed by atoms with Crippen molar-refractivity contribution < 1.29 is 19.1 Å².